The summed E-state index contributed by atoms with van der Waals surface area (Å²) in [5.74, 6) is 0.645. The first kappa shape index (κ1) is 17.4. The number of nitrogens with zero attached hydrogens (tertiary/aromatic N) is 2. The first-order chi connectivity index (χ1) is 11.8. The Labute approximate surface area is 146 Å². The van der Waals surface area contributed by atoms with Crippen LogP contribution in [0.3, 0.4) is 0 Å². The lowest BCUT2D eigenvalue weighted by atomic mass is 9.95. The number of nitrogens with one attached hydrogen (secondary N) is 1. The van der Waals surface area contributed by atoms with Gasteiger partial charge in [-0.1, -0.05) is 43.7 Å². The van der Waals surface area contributed by atoms with Crippen LogP contribution in [0.1, 0.15) is 38.2 Å². The number of piperidine rings is 1. The van der Waals surface area contributed by atoms with Crippen LogP contribution in [-0.4, -0.2) is 54.5 Å². The predicted octanol–water partition coefficient (Wildman–Crippen LogP) is 2.50. The monoisotopic (exact) mass is 329 g/mol. The highest BCUT2D eigenvalue weighted by Crippen LogP contribution is 2.22. The number of rotatable bonds is 5. The van der Waals surface area contributed by atoms with Crippen molar-refractivity contribution < 1.29 is 4.79 Å². The van der Waals surface area contributed by atoms with E-state index in [1.807, 2.05) is 0 Å². The van der Waals surface area contributed by atoms with Gasteiger partial charge < -0.3 is 10.2 Å². The molecule has 0 aromatic heterocycles. The number of amides is 1. The van der Waals surface area contributed by atoms with Gasteiger partial charge in [-0.15, -0.1) is 0 Å². The molecule has 132 valence electrons. The normalized spacial score (nSPS) is 23.4. The molecular formula is C20H31N3O. The minimum atomic E-state index is 0.245. The molecule has 1 atom stereocenters. The molecule has 2 heterocycles. The molecule has 4 heteroatoms. The van der Waals surface area contributed by atoms with Gasteiger partial charge in [0.05, 0.1) is 0 Å². The maximum Gasteiger partial charge on any atom is 0.225 e. The summed E-state index contributed by atoms with van der Waals surface area (Å²) in [6, 6.07) is 11.2. The van der Waals surface area contributed by atoms with Gasteiger partial charge in [0.15, 0.2) is 0 Å². The third kappa shape index (κ3) is 4.37. The fraction of sp³-hybridized carbons (Fsp3) is 0.650. The Bertz CT molecular complexity index is 513. The highest BCUT2D eigenvalue weighted by atomic mass is 16.2. The van der Waals surface area contributed by atoms with Crippen molar-refractivity contribution in [3.63, 3.8) is 0 Å². The van der Waals surface area contributed by atoms with E-state index in [4.69, 9.17) is 0 Å². The van der Waals surface area contributed by atoms with E-state index < -0.39 is 0 Å². The maximum absolute atomic E-state index is 12.8. The van der Waals surface area contributed by atoms with E-state index in [0.29, 0.717) is 11.9 Å². The van der Waals surface area contributed by atoms with Crippen LogP contribution >= 0.6 is 0 Å². The van der Waals surface area contributed by atoms with Crippen LogP contribution in [0.2, 0.25) is 0 Å². The van der Waals surface area contributed by atoms with Gasteiger partial charge >= 0.3 is 0 Å². The van der Waals surface area contributed by atoms with E-state index in [1.54, 1.807) is 0 Å². The number of carbonyl (C=O) groups is 1. The first-order valence-electron chi connectivity index (χ1n) is 9.55. The number of hydrogen-bond donors (Lipinski definition) is 1. The molecule has 3 rings (SSSR count). The average molecular weight is 329 g/mol. The third-order valence-corrected chi connectivity index (χ3v) is 5.46. The SMILES string of the molecule is CCCC1CN(C(=O)C2CCNCC2)CCN1Cc1ccccc1. The zero-order valence-corrected chi connectivity index (χ0v) is 14.9. The second-order valence-electron chi connectivity index (χ2n) is 7.21. The molecule has 0 radical (unpaired) electrons. The van der Waals surface area contributed by atoms with Gasteiger partial charge in [-0.3, -0.25) is 9.69 Å². The Balaban J connectivity index is 1.61. The molecule has 4 nitrogen and oxygen atoms in total. The van der Waals surface area contributed by atoms with Gasteiger partial charge in [-0.2, -0.15) is 0 Å². The number of carbonyl (C=O) groups excluding carboxylic acids is 1. The van der Waals surface area contributed by atoms with Gasteiger partial charge in [0.1, 0.15) is 0 Å². The molecule has 1 N–H and O–H groups in total. The van der Waals surface area contributed by atoms with E-state index in [0.717, 1.165) is 52.1 Å². The predicted molar refractivity (Wildman–Crippen MR) is 97.7 cm³/mol. The van der Waals surface area contributed by atoms with Crippen molar-refractivity contribution in [3.8, 4) is 0 Å². The Morgan fingerprint density at radius 3 is 2.62 bits per heavy atom. The highest BCUT2D eigenvalue weighted by Gasteiger charge is 2.32. The average Bonchev–Trinajstić information content (AvgIpc) is 2.64. The minimum absolute atomic E-state index is 0.245. The summed E-state index contributed by atoms with van der Waals surface area (Å²) in [4.78, 5) is 17.6. The van der Waals surface area contributed by atoms with Gasteiger partial charge in [0.2, 0.25) is 5.91 Å². The van der Waals surface area contributed by atoms with Crippen molar-refractivity contribution >= 4 is 5.91 Å². The topological polar surface area (TPSA) is 35.6 Å². The van der Waals surface area contributed by atoms with Crippen LogP contribution in [0.15, 0.2) is 30.3 Å². The summed E-state index contributed by atoms with van der Waals surface area (Å²) in [5.41, 5.74) is 1.37. The lowest BCUT2D eigenvalue weighted by Gasteiger charge is -2.43. The summed E-state index contributed by atoms with van der Waals surface area (Å²) in [7, 11) is 0. The van der Waals surface area contributed by atoms with E-state index in [9.17, 15) is 4.79 Å². The van der Waals surface area contributed by atoms with E-state index in [-0.39, 0.29) is 5.92 Å². The van der Waals surface area contributed by atoms with Crippen molar-refractivity contribution in [1.82, 2.24) is 15.1 Å². The molecule has 1 amide bonds. The van der Waals surface area contributed by atoms with Crippen LogP contribution in [0, 0.1) is 5.92 Å². The molecule has 2 aliphatic heterocycles. The van der Waals surface area contributed by atoms with Gasteiger partial charge in [-0.25, -0.2) is 0 Å². The van der Waals surface area contributed by atoms with Crippen LogP contribution in [0.4, 0.5) is 0 Å². The summed E-state index contributed by atoms with van der Waals surface area (Å²) < 4.78 is 0. The minimum Gasteiger partial charge on any atom is -0.340 e. The Morgan fingerprint density at radius 1 is 1.17 bits per heavy atom. The zero-order chi connectivity index (χ0) is 16.8. The standard InChI is InChI=1S/C20H31N3O/c1-2-6-19-16-23(20(24)18-9-11-21-12-10-18)14-13-22(19)15-17-7-4-3-5-8-17/h3-5,7-8,18-19,21H,2,6,9-16H2,1H3. The molecular weight excluding hydrogens is 298 g/mol. The highest BCUT2D eigenvalue weighted by molar-refractivity contribution is 5.79. The van der Waals surface area contributed by atoms with Crippen LogP contribution < -0.4 is 5.32 Å². The molecule has 2 saturated heterocycles. The van der Waals surface area contributed by atoms with Crippen LogP contribution in [0.5, 0.6) is 0 Å². The van der Waals surface area contributed by atoms with Gasteiger partial charge in [-0.05, 0) is 37.9 Å². The molecule has 1 aromatic rings. The Morgan fingerprint density at radius 2 is 1.92 bits per heavy atom. The molecule has 2 aliphatic rings. The summed E-state index contributed by atoms with van der Waals surface area (Å²) in [6.07, 6.45) is 4.34. The second-order valence-corrected chi connectivity index (χ2v) is 7.21. The zero-order valence-electron chi connectivity index (χ0n) is 14.9. The number of benzene rings is 1. The molecule has 1 aromatic carbocycles. The van der Waals surface area contributed by atoms with Crippen LogP contribution in [0.25, 0.3) is 0 Å². The Hall–Kier alpha value is -1.39. The summed E-state index contributed by atoms with van der Waals surface area (Å²) in [5, 5.41) is 3.36. The third-order valence-electron chi connectivity index (χ3n) is 5.46. The molecule has 2 fully saturated rings. The molecule has 0 bridgehead atoms. The fourth-order valence-electron chi connectivity index (χ4n) is 4.05. The molecule has 1 unspecified atom stereocenters. The second kappa shape index (κ2) is 8.63. The van der Waals surface area contributed by atoms with E-state index in [2.05, 4.69) is 52.4 Å². The van der Waals surface area contributed by atoms with Crippen molar-refractivity contribution in [2.45, 2.75) is 45.2 Å². The molecule has 0 spiro atoms. The van der Waals surface area contributed by atoms with Crippen molar-refractivity contribution in [2.75, 3.05) is 32.7 Å². The quantitative estimate of drug-likeness (QED) is 0.901. The lowest BCUT2D eigenvalue weighted by Crippen LogP contribution is -2.55. The number of hydrogen-bond acceptors (Lipinski definition) is 3. The van der Waals surface area contributed by atoms with Crippen molar-refractivity contribution in [3.05, 3.63) is 35.9 Å². The number of piperazine rings is 1. The molecule has 0 saturated carbocycles. The first-order valence-corrected chi connectivity index (χ1v) is 9.55. The summed E-state index contributed by atoms with van der Waals surface area (Å²) >= 11 is 0. The summed E-state index contributed by atoms with van der Waals surface area (Å²) in [6.45, 7) is 8.01. The Kier molecular flexibility index (Phi) is 6.27. The van der Waals surface area contributed by atoms with Crippen LogP contribution in [-0.2, 0) is 11.3 Å². The maximum atomic E-state index is 12.8. The van der Waals surface area contributed by atoms with Gasteiger partial charge in [0, 0.05) is 38.1 Å². The van der Waals surface area contributed by atoms with Crippen molar-refractivity contribution in [1.29, 1.82) is 0 Å². The largest absolute Gasteiger partial charge is 0.340 e. The van der Waals surface area contributed by atoms with Crippen molar-refractivity contribution in [2.24, 2.45) is 5.92 Å². The van der Waals surface area contributed by atoms with E-state index >= 15 is 0 Å². The smallest absolute Gasteiger partial charge is 0.225 e. The molecule has 0 aliphatic carbocycles. The fourth-order valence-corrected chi connectivity index (χ4v) is 4.05. The van der Waals surface area contributed by atoms with Gasteiger partial charge in [0.25, 0.3) is 0 Å². The lowest BCUT2D eigenvalue weighted by molar-refractivity contribution is -0.139. The van der Waals surface area contributed by atoms with E-state index in [1.165, 1.54) is 18.4 Å². The molecule has 24 heavy (non-hydrogen) atoms.